The maximum Gasteiger partial charge on any atom is 0.0701 e. The molecule has 0 atom stereocenters. The van der Waals surface area contributed by atoms with Gasteiger partial charge in [-0.1, -0.05) is 13.8 Å². The average molecular weight is 220 g/mol. The van der Waals surface area contributed by atoms with Gasteiger partial charge in [0.15, 0.2) is 0 Å². The van der Waals surface area contributed by atoms with Gasteiger partial charge in [0.25, 0.3) is 0 Å². The zero-order valence-electron chi connectivity index (χ0n) is 9.91. The summed E-state index contributed by atoms with van der Waals surface area (Å²) in [6.07, 6.45) is 1.10. The first kappa shape index (κ1) is 14.8. The summed E-state index contributed by atoms with van der Waals surface area (Å²) < 4.78 is 15.6. The van der Waals surface area contributed by atoms with Gasteiger partial charge in [-0.2, -0.15) is 0 Å². The minimum absolute atomic E-state index is 0.0678. The van der Waals surface area contributed by atoms with Gasteiger partial charge < -0.3 is 19.3 Å². The van der Waals surface area contributed by atoms with Gasteiger partial charge in [-0.25, -0.2) is 0 Å². The van der Waals surface area contributed by atoms with E-state index < -0.39 is 0 Å². The molecule has 0 saturated heterocycles. The third-order valence-electron chi connectivity index (χ3n) is 1.82. The van der Waals surface area contributed by atoms with E-state index in [9.17, 15) is 0 Å². The quantitative estimate of drug-likeness (QED) is 0.529. The monoisotopic (exact) mass is 220 g/mol. The van der Waals surface area contributed by atoms with Gasteiger partial charge >= 0.3 is 0 Å². The highest BCUT2D eigenvalue weighted by molar-refractivity contribution is 4.42. The van der Waals surface area contributed by atoms with Crippen molar-refractivity contribution in [1.29, 1.82) is 0 Å². The molecule has 0 amide bonds. The molecule has 0 spiro atoms. The van der Waals surface area contributed by atoms with Gasteiger partial charge in [0, 0.05) is 6.61 Å². The second-order valence-electron chi connectivity index (χ2n) is 3.74. The first-order valence-electron chi connectivity index (χ1n) is 5.61. The topological polar surface area (TPSA) is 47.9 Å². The van der Waals surface area contributed by atoms with E-state index in [4.69, 9.17) is 19.3 Å². The van der Waals surface area contributed by atoms with E-state index in [2.05, 4.69) is 13.8 Å². The van der Waals surface area contributed by atoms with Crippen molar-refractivity contribution in [3.8, 4) is 0 Å². The van der Waals surface area contributed by atoms with E-state index in [1.165, 1.54) is 0 Å². The van der Waals surface area contributed by atoms with E-state index in [1.54, 1.807) is 0 Å². The van der Waals surface area contributed by atoms with E-state index in [0.717, 1.165) is 13.0 Å². The van der Waals surface area contributed by atoms with Crippen molar-refractivity contribution in [1.82, 2.24) is 0 Å². The number of aliphatic hydroxyl groups excluding tert-OH is 1. The summed E-state index contributed by atoms with van der Waals surface area (Å²) in [5.74, 6) is 0.692. The summed E-state index contributed by atoms with van der Waals surface area (Å²) in [6, 6.07) is 0. The van der Waals surface area contributed by atoms with Crippen molar-refractivity contribution in [2.24, 2.45) is 5.92 Å². The molecule has 0 aliphatic rings. The van der Waals surface area contributed by atoms with E-state index in [1.807, 2.05) is 0 Å². The van der Waals surface area contributed by atoms with Gasteiger partial charge in [0.05, 0.1) is 39.6 Å². The Bertz CT molecular complexity index is 117. The summed E-state index contributed by atoms with van der Waals surface area (Å²) in [4.78, 5) is 0. The molecular formula is C11H24O4. The van der Waals surface area contributed by atoms with Crippen molar-refractivity contribution >= 4 is 0 Å². The van der Waals surface area contributed by atoms with Crippen LogP contribution in [0.3, 0.4) is 0 Å². The number of hydrogen-bond donors (Lipinski definition) is 1. The van der Waals surface area contributed by atoms with Gasteiger partial charge in [0.1, 0.15) is 0 Å². The third kappa shape index (κ3) is 13.8. The fourth-order valence-electron chi connectivity index (χ4n) is 0.925. The van der Waals surface area contributed by atoms with Gasteiger partial charge in [0.2, 0.25) is 0 Å². The van der Waals surface area contributed by atoms with Crippen LogP contribution < -0.4 is 0 Å². The predicted molar refractivity (Wildman–Crippen MR) is 59.0 cm³/mol. The molecule has 0 aliphatic carbocycles. The molecule has 0 heterocycles. The molecule has 0 unspecified atom stereocenters. The molecule has 92 valence electrons. The Balaban J connectivity index is 2.87. The van der Waals surface area contributed by atoms with Crippen LogP contribution in [0.1, 0.15) is 20.3 Å². The molecule has 0 aromatic carbocycles. The predicted octanol–water partition coefficient (Wildman–Crippen LogP) is 1.07. The second-order valence-corrected chi connectivity index (χ2v) is 3.74. The molecule has 0 rings (SSSR count). The van der Waals surface area contributed by atoms with E-state index in [-0.39, 0.29) is 6.61 Å². The lowest BCUT2D eigenvalue weighted by atomic mass is 10.1. The Morgan fingerprint density at radius 1 is 0.800 bits per heavy atom. The van der Waals surface area contributed by atoms with Crippen molar-refractivity contribution in [3.63, 3.8) is 0 Å². The second kappa shape index (κ2) is 11.9. The highest BCUT2D eigenvalue weighted by Gasteiger charge is 1.94. The molecule has 0 fully saturated rings. The summed E-state index contributed by atoms with van der Waals surface area (Å²) in [6.45, 7) is 7.97. The molecule has 4 heteroatoms. The Kier molecular flexibility index (Phi) is 11.8. The van der Waals surface area contributed by atoms with Crippen LogP contribution in [0.5, 0.6) is 0 Å². The summed E-state index contributed by atoms with van der Waals surface area (Å²) >= 11 is 0. The minimum Gasteiger partial charge on any atom is -0.394 e. The van der Waals surface area contributed by atoms with Crippen LogP contribution in [0.4, 0.5) is 0 Å². The summed E-state index contributed by atoms with van der Waals surface area (Å²) in [5.41, 5.74) is 0. The van der Waals surface area contributed by atoms with E-state index >= 15 is 0 Å². The molecule has 0 radical (unpaired) electrons. The zero-order valence-corrected chi connectivity index (χ0v) is 9.91. The van der Waals surface area contributed by atoms with Gasteiger partial charge in [-0.15, -0.1) is 0 Å². The molecule has 0 aromatic heterocycles. The highest BCUT2D eigenvalue weighted by Crippen LogP contribution is 1.98. The van der Waals surface area contributed by atoms with Crippen LogP contribution in [-0.2, 0) is 14.2 Å². The number of rotatable bonds is 11. The van der Waals surface area contributed by atoms with Crippen molar-refractivity contribution in [2.45, 2.75) is 20.3 Å². The van der Waals surface area contributed by atoms with Crippen molar-refractivity contribution < 1.29 is 19.3 Å². The number of hydrogen-bond acceptors (Lipinski definition) is 4. The molecule has 4 nitrogen and oxygen atoms in total. The Morgan fingerprint density at radius 3 is 1.73 bits per heavy atom. The molecule has 1 N–H and O–H groups in total. The first-order valence-corrected chi connectivity index (χ1v) is 5.61. The van der Waals surface area contributed by atoms with Crippen LogP contribution in [0.15, 0.2) is 0 Å². The molecule has 0 aliphatic heterocycles. The lowest BCUT2D eigenvalue weighted by molar-refractivity contribution is 0.00635. The maximum atomic E-state index is 8.43. The Labute approximate surface area is 92.5 Å². The number of ether oxygens (including phenoxy) is 3. The minimum atomic E-state index is 0.0678. The van der Waals surface area contributed by atoms with Crippen LogP contribution >= 0.6 is 0 Å². The van der Waals surface area contributed by atoms with Crippen molar-refractivity contribution in [2.75, 3.05) is 46.2 Å². The zero-order chi connectivity index (χ0) is 11.4. The van der Waals surface area contributed by atoms with Crippen LogP contribution in [0.25, 0.3) is 0 Å². The lowest BCUT2D eigenvalue weighted by Gasteiger charge is -2.07. The largest absolute Gasteiger partial charge is 0.394 e. The van der Waals surface area contributed by atoms with Gasteiger partial charge in [-0.05, 0) is 12.3 Å². The molecule has 0 saturated carbocycles. The average Bonchev–Trinajstić information content (AvgIpc) is 2.20. The molecule has 0 bridgehead atoms. The lowest BCUT2D eigenvalue weighted by Crippen LogP contribution is -2.11. The van der Waals surface area contributed by atoms with E-state index in [0.29, 0.717) is 39.0 Å². The summed E-state index contributed by atoms with van der Waals surface area (Å²) in [7, 11) is 0. The molecular weight excluding hydrogens is 196 g/mol. The maximum absolute atomic E-state index is 8.43. The van der Waals surface area contributed by atoms with Crippen LogP contribution in [0, 0.1) is 5.92 Å². The first-order chi connectivity index (χ1) is 7.27. The van der Waals surface area contributed by atoms with Crippen LogP contribution in [-0.4, -0.2) is 51.4 Å². The third-order valence-corrected chi connectivity index (χ3v) is 1.82. The summed E-state index contributed by atoms with van der Waals surface area (Å²) in [5, 5.41) is 8.43. The number of aliphatic hydroxyl groups is 1. The Hall–Kier alpha value is -0.160. The fourth-order valence-corrected chi connectivity index (χ4v) is 0.925. The molecule has 15 heavy (non-hydrogen) atoms. The fraction of sp³-hybridized carbons (Fsp3) is 1.00. The van der Waals surface area contributed by atoms with Crippen molar-refractivity contribution in [3.05, 3.63) is 0 Å². The molecule has 0 aromatic rings. The SMILES string of the molecule is CC(C)CCOCCOCCOCCO. The smallest absolute Gasteiger partial charge is 0.0701 e. The van der Waals surface area contributed by atoms with Crippen LogP contribution in [0.2, 0.25) is 0 Å². The Morgan fingerprint density at radius 2 is 1.27 bits per heavy atom. The van der Waals surface area contributed by atoms with Gasteiger partial charge in [-0.3, -0.25) is 0 Å². The standard InChI is InChI=1S/C11H24O4/c1-11(2)3-5-13-7-9-15-10-8-14-6-4-12/h11-12H,3-10H2,1-2H3. The normalized spacial score (nSPS) is 11.2. The highest BCUT2D eigenvalue weighted by atomic mass is 16.5.